The van der Waals surface area contributed by atoms with Crippen LogP contribution in [0.4, 0.5) is 0 Å². The Bertz CT molecular complexity index is 234. The fraction of sp³-hybridized carbons (Fsp3) is 0.429. The van der Waals surface area contributed by atoms with Gasteiger partial charge in [0.25, 0.3) is 0 Å². The maximum Gasteiger partial charge on any atom is 0.417 e. The lowest BCUT2D eigenvalue weighted by atomic mass is 10.3. The highest BCUT2D eigenvalue weighted by Gasteiger charge is 2.03. The van der Waals surface area contributed by atoms with E-state index in [9.17, 15) is 4.79 Å². The van der Waals surface area contributed by atoms with E-state index in [-0.39, 0.29) is 6.61 Å². The van der Waals surface area contributed by atoms with Crippen molar-refractivity contribution in [2.24, 2.45) is 0 Å². The maximum atomic E-state index is 9.73. The van der Waals surface area contributed by atoms with Crippen LogP contribution in [0.1, 0.15) is 17.5 Å². The smallest absolute Gasteiger partial charge is 0.417 e. The Balaban J connectivity index is 2.60. The second-order valence-electron chi connectivity index (χ2n) is 1.95. The van der Waals surface area contributed by atoms with Gasteiger partial charge in [-0.3, -0.25) is 0 Å². The third-order valence-corrected chi connectivity index (χ3v) is 2.33. The van der Waals surface area contributed by atoms with Crippen molar-refractivity contribution in [1.29, 1.82) is 0 Å². The second kappa shape index (κ2) is 4.08. The molecule has 11 heavy (non-hydrogen) atoms. The number of hydrogen-bond acceptors (Lipinski definition) is 4. The van der Waals surface area contributed by atoms with Crippen LogP contribution in [-0.2, 0) is 22.6 Å². The average molecular weight is 170 g/mol. The Morgan fingerprint density at radius 3 is 3.27 bits per heavy atom. The molecule has 0 spiro atoms. The molecule has 3 nitrogen and oxygen atoms in total. The molecule has 1 aromatic rings. The third kappa shape index (κ3) is 2.01. The van der Waals surface area contributed by atoms with Crippen LogP contribution in [0.2, 0.25) is 0 Å². The van der Waals surface area contributed by atoms with Crippen LogP contribution in [0.25, 0.3) is 0 Å². The standard InChI is InChI=1S/C7H8NO2S/c1-2-7-6(3-10-5-9)8-4-11-7/h4H,2-3H2,1H3. The molecule has 0 fully saturated rings. The molecule has 0 aliphatic rings. The lowest BCUT2D eigenvalue weighted by Gasteiger charge is -1.95. The van der Waals surface area contributed by atoms with Gasteiger partial charge >= 0.3 is 6.47 Å². The van der Waals surface area contributed by atoms with Crippen LogP contribution in [0.3, 0.4) is 0 Å². The van der Waals surface area contributed by atoms with E-state index in [1.54, 1.807) is 16.8 Å². The molecule has 0 bridgehead atoms. The van der Waals surface area contributed by atoms with Gasteiger partial charge in [0.1, 0.15) is 6.61 Å². The van der Waals surface area contributed by atoms with Gasteiger partial charge < -0.3 is 4.74 Å². The molecule has 0 amide bonds. The zero-order valence-corrected chi connectivity index (χ0v) is 6.98. The quantitative estimate of drug-likeness (QED) is 0.683. The monoisotopic (exact) mass is 170 g/mol. The van der Waals surface area contributed by atoms with E-state index >= 15 is 0 Å². The van der Waals surface area contributed by atoms with E-state index in [1.807, 2.05) is 6.92 Å². The highest BCUT2D eigenvalue weighted by atomic mass is 32.1. The van der Waals surface area contributed by atoms with E-state index in [0.717, 1.165) is 12.1 Å². The summed E-state index contributed by atoms with van der Waals surface area (Å²) >= 11 is 1.58. The van der Waals surface area contributed by atoms with Gasteiger partial charge in [-0.15, -0.1) is 11.3 Å². The predicted octanol–water partition coefficient (Wildman–Crippen LogP) is 1.29. The van der Waals surface area contributed by atoms with Crippen molar-refractivity contribution >= 4 is 17.8 Å². The van der Waals surface area contributed by atoms with E-state index in [1.165, 1.54) is 11.3 Å². The minimum atomic E-state index is 0.246. The van der Waals surface area contributed by atoms with Crippen molar-refractivity contribution in [3.8, 4) is 0 Å². The number of aryl methyl sites for hydroxylation is 1. The SMILES string of the molecule is CCc1scnc1CO[C]=O. The first-order valence-electron chi connectivity index (χ1n) is 3.28. The molecular weight excluding hydrogens is 162 g/mol. The summed E-state index contributed by atoms with van der Waals surface area (Å²) in [5, 5.41) is 0. The molecule has 0 aliphatic heterocycles. The van der Waals surface area contributed by atoms with E-state index in [0.29, 0.717) is 0 Å². The first kappa shape index (κ1) is 8.20. The van der Waals surface area contributed by atoms with Crippen molar-refractivity contribution in [3.05, 3.63) is 16.1 Å². The van der Waals surface area contributed by atoms with Crippen molar-refractivity contribution in [3.63, 3.8) is 0 Å². The van der Waals surface area contributed by atoms with Gasteiger partial charge in [0.2, 0.25) is 0 Å². The number of rotatable bonds is 4. The molecular formula is C7H8NO2S. The first-order valence-corrected chi connectivity index (χ1v) is 4.16. The molecule has 0 atom stereocenters. The molecule has 0 unspecified atom stereocenters. The lowest BCUT2D eigenvalue weighted by molar-refractivity contribution is 0.263. The van der Waals surface area contributed by atoms with E-state index < -0.39 is 0 Å². The summed E-state index contributed by atoms with van der Waals surface area (Å²) in [5.74, 6) is 0. The van der Waals surface area contributed by atoms with Crippen LogP contribution in [0.15, 0.2) is 5.51 Å². The molecule has 0 aliphatic carbocycles. The number of aromatic nitrogens is 1. The fourth-order valence-electron chi connectivity index (χ4n) is 0.797. The van der Waals surface area contributed by atoms with Crippen molar-refractivity contribution in [1.82, 2.24) is 4.98 Å². The average Bonchev–Trinajstić information content (AvgIpc) is 2.47. The summed E-state index contributed by atoms with van der Waals surface area (Å²) in [6, 6.07) is 0. The molecule has 4 heteroatoms. The number of nitrogens with zero attached hydrogens (tertiary/aromatic N) is 1. The van der Waals surface area contributed by atoms with Gasteiger partial charge in [0.05, 0.1) is 11.2 Å². The topological polar surface area (TPSA) is 39.2 Å². The minimum Gasteiger partial charge on any atom is -0.451 e. The number of hydrogen-bond donors (Lipinski definition) is 0. The summed E-state index contributed by atoms with van der Waals surface area (Å²) in [6.07, 6.45) is 0.933. The number of carbonyl (C=O) groups excluding carboxylic acids is 1. The first-order chi connectivity index (χ1) is 5.38. The van der Waals surface area contributed by atoms with Crippen molar-refractivity contribution < 1.29 is 9.53 Å². The molecule has 1 radical (unpaired) electrons. The third-order valence-electron chi connectivity index (χ3n) is 1.31. The highest BCUT2D eigenvalue weighted by molar-refractivity contribution is 7.09. The Labute approximate surface area is 69.0 Å². The zero-order chi connectivity index (χ0) is 8.10. The molecule has 1 aromatic heterocycles. The number of thiazole rings is 1. The molecule has 0 saturated heterocycles. The molecule has 0 aromatic carbocycles. The van der Waals surface area contributed by atoms with Gasteiger partial charge in [0.15, 0.2) is 0 Å². The lowest BCUT2D eigenvalue weighted by Crippen LogP contribution is -1.93. The molecule has 59 valence electrons. The summed E-state index contributed by atoms with van der Waals surface area (Å²) in [6.45, 7) is 3.66. The van der Waals surface area contributed by atoms with E-state index in [4.69, 9.17) is 0 Å². The van der Waals surface area contributed by atoms with E-state index in [2.05, 4.69) is 9.72 Å². The van der Waals surface area contributed by atoms with Crippen LogP contribution >= 0.6 is 11.3 Å². The Morgan fingerprint density at radius 2 is 2.64 bits per heavy atom. The second-order valence-corrected chi connectivity index (χ2v) is 2.89. The highest BCUT2D eigenvalue weighted by Crippen LogP contribution is 2.13. The van der Waals surface area contributed by atoms with Gasteiger partial charge in [-0.05, 0) is 6.42 Å². The van der Waals surface area contributed by atoms with Crippen molar-refractivity contribution in [2.75, 3.05) is 0 Å². The van der Waals surface area contributed by atoms with Gasteiger partial charge in [0, 0.05) is 4.88 Å². The summed E-state index contributed by atoms with van der Waals surface area (Å²) in [5.41, 5.74) is 2.60. The van der Waals surface area contributed by atoms with Crippen LogP contribution < -0.4 is 0 Å². The fourth-order valence-corrected chi connectivity index (χ4v) is 1.52. The minimum absolute atomic E-state index is 0.246. The van der Waals surface area contributed by atoms with Gasteiger partial charge in [-0.25, -0.2) is 9.78 Å². The molecule has 1 heterocycles. The largest absolute Gasteiger partial charge is 0.451 e. The van der Waals surface area contributed by atoms with Gasteiger partial charge in [-0.2, -0.15) is 0 Å². The summed E-state index contributed by atoms with van der Waals surface area (Å²) in [4.78, 5) is 14.9. The molecule has 1 rings (SSSR count). The zero-order valence-electron chi connectivity index (χ0n) is 6.16. The normalized spacial score (nSPS) is 9.55. The Hall–Kier alpha value is -0.900. The Morgan fingerprint density at radius 1 is 1.82 bits per heavy atom. The Kier molecular flexibility index (Phi) is 3.04. The molecule has 0 N–H and O–H groups in total. The van der Waals surface area contributed by atoms with Crippen molar-refractivity contribution in [2.45, 2.75) is 20.0 Å². The van der Waals surface area contributed by atoms with Crippen LogP contribution in [0, 0.1) is 0 Å². The van der Waals surface area contributed by atoms with Crippen LogP contribution in [-0.4, -0.2) is 11.5 Å². The maximum absolute atomic E-state index is 9.73. The molecule has 0 saturated carbocycles. The van der Waals surface area contributed by atoms with Crippen LogP contribution in [0.5, 0.6) is 0 Å². The summed E-state index contributed by atoms with van der Waals surface area (Å²) in [7, 11) is 0. The number of ether oxygens (including phenoxy) is 1. The predicted molar refractivity (Wildman–Crippen MR) is 42.0 cm³/mol. The van der Waals surface area contributed by atoms with Gasteiger partial charge in [-0.1, -0.05) is 6.92 Å². The summed E-state index contributed by atoms with van der Waals surface area (Å²) < 4.78 is 4.46.